The van der Waals surface area contributed by atoms with Crippen LogP contribution in [0.3, 0.4) is 0 Å². The van der Waals surface area contributed by atoms with Crippen LogP contribution in [0.5, 0.6) is 0 Å². The van der Waals surface area contributed by atoms with Gasteiger partial charge in [-0.05, 0) is 47.4 Å². The molecule has 0 atom stereocenters. The van der Waals surface area contributed by atoms with Crippen LogP contribution in [0.1, 0.15) is 44.3 Å². The molecular formula is C28H28FN3O2. The van der Waals surface area contributed by atoms with Crippen molar-refractivity contribution in [3.8, 4) is 0 Å². The molecule has 0 radical (unpaired) electrons. The molecule has 2 amide bonds. The first-order valence-electron chi connectivity index (χ1n) is 11.8. The Kier molecular flexibility index (Phi) is 6.16. The summed E-state index contributed by atoms with van der Waals surface area (Å²) in [6, 6.07) is 20.3. The Morgan fingerprint density at radius 3 is 2.18 bits per heavy atom. The van der Waals surface area contributed by atoms with Gasteiger partial charge in [-0.25, -0.2) is 4.39 Å². The lowest BCUT2D eigenvalue weighted by Gasteiger charge is -2.36. The van der Waals surface area contributed by atoms with Crippen LogP contribution >= 0.6 is 0 Å². The third-order valence-electron chi connectivity index (χ3n) is 6.76. The van der Waals surface area contributed by atoms with Crippen LogP contribution in [0.2, 0.25) is 0 Å². The van der Waals surface area contributed by atoms with Gasteiger partial charge in [-0.1, -0.05) is 49.4 Å². The van der Waals surface area contributed by atoms with Crippen LogP contribution in [-0.4, -0.2) is 47.8 Å². The van der Waals surface area contributed by atoms with Crippen molar-refractivity contribution in [2.75, 3.05) is 31.1 Å². The molecule has 2 aliphatic heterocycles. The summed E-state index contributed by atoms with van der Waals surface area (Å²) < 4.78 is 13.6. The first-order valence-corrected chi connectivity index (χ1v) is 11.8. The van der Waals surface area contributed by atoms with E-state index < -0.39 is 0 Å². The number of fused-ring (bicyclic) bond motifs is 1. The van der Waals surface area contributed by atoms with Gasteiger partial charge < -0.3 is 4.90 Å². The first kappa shape index (κ1) is 22.3. The van der Waals surface area contributed by atoms with Crippen molar-refractivity contribution < 1.29 is 14.0 Å². The third kappa shape index (κ3) is 4.33. The highest BCUT2D eigenvalue weighted by Crippen LogP contribution is 2.33. The SMILES string of the molecule is CCc1ccc(CN2CCN(c3cccc4c3C(=O)N(Cc3cccc(F)c3)C4=O)CC2)cc1. The van der Waals surface area contributed by atoms with Crippen LogP contribution in [0.4, 0.5) is 10.1 Å². The van der Waals surface area contributed by atoms with Crippen molar-refractivity contribution >= 4 is 17.5 Å². The Morgan fingerprint density at radius 2 is 1.47 bits per heavy atom. The summed E-state index contributed by atoms with van der Waals surface area (Å²) in [4.78, 5) is 32.2. The zero-order valence-corrected chi connectivity index (χ0v) is 19.3. The summed E-state index contributed by atoms with van der Waals surface area (Å²) in [7, 11) is 0. The number of rotatable bonds is 6. The minimum atomic E-state index is -0.381. The van der Waals surface area contributed by atoms with Crippen molar-refractivity contribution in [2.24, 2.45) is 0 Å². The smallest absolute Gasteiger partial charge is 0.263 e. The van der Waals surface area contributed by atoms with Crippen molar-refractivity contribution in [3.05, 3.63) is 100 Å². The standard InChI is InChI=1S/C28H28FN3O2/c1-2-20-9-11-21(12-10-20)18-30-13-15-31(16-14-30)25-8-4-7-24-26(25)28(34)32(27(24)33)19-22-5-3-6-23(29)17-22/h3-12,17H,2,13-16,18-19H2,1H3. The summed E-state index contributed by atoms with van der Waals surface area (Å²) in [6.45, 7) is 6.47. The van der Waals surface area contributed by atoms with E-state index in [0.717, 1.165) is 44.8 Å². The second-order valence-electron chi connectivity index (χ2n) is 8.96. The number of imide groups is 1. The topological polar surface area (TPSA) is 43.9 Å². The number of carbonyl (C=O) groups excluding carboxylic acids is 2. The average molecular weight is 458 g/mol. The normalized spacial score (nSPS) is 16.3. The number of amides is 2. The molecule has 3 aromatic carbocycles. The van der Waals surface area contributed by atoms with E-state index in [4.69, 9.17) is 0 Å². The Labute approximate surface area is 199 Å². The van der Waals surface area contributed by atoms with Crippen molar-refractivity contribution in [1.82, 2.24) is 9.80 Å². The number of benzene rings is 3. The molecule has 2 heterocycles. The van der Waals surface area contributed by atoms with Crippen LogP contribution in [-0.2, 0) is 19.5 Å². The van der Waals surface area contributed by atoms with E-state index in [2.05, 4.69) is 41.0 Å². The average Bonchev–Trinajstić information content (AvgIpc) is 3.10. The molecule has 1 saturated heterocycles. The second-order valence-corrected chi connectivity index (χ2v) is 8.96. The number of hydrogen-bond donors (Lipinski definition) is 0. The van der Waals surface area contributed by atoms with E-state index in [1.165, 1.54) is 28.2 Å². The zero-order valence-electron chi connectivity index (χ0n) is 19.3. The highest BCUT2D eigenvalue weighted by molar-refractivity contribution is 6.23. The molecule has 0 spiro atoms. The Balaban J connectivity index is 1.29. The maximum atomic E-state index is 13.6. The fourth-order valence-electron chi connectivity index (χ4n) is 4.83. The van der Waals surface area contributed by atoms with Gasteiger partial charge in [0.25, 0.3) is 11.8 Å². The lowest BCUT2D eigenvalue weighted by Crippen LogP contribution is -2.46. The molecule has 1 fully saturated rings. The molecule has 3 aromatic rings. The fraction of sp³-hybridized carbons (Fsp3) is 0.286. The van der Waals surface area contributed by atoms with Crippen molar-refractivity contribution in [1.29, 1.82) is 0 Å². The summed E-state index contributed by atoms with van der Waals surface area (Å²) in [5, 5.41) is 0. The predicted molar refractivity (Wildman–Crippen MR) is 130 cm³/mol. The highest BCUT2D eigenvalue weighted by Gasteiger charge is 2.38. The van der Waals surface area contributed by atoms with E-state index in [9.17, 15) is 14.0 Å². The molecular weight excluding hydrogens is 429 g/mol. The Hall–Kier alpha value is -3.51. The van der Waals surface area contributed by atoms with Gasteiger partial charge in [-0.2, -0.15) is 0 Å². The molecule has 34 heavy (non-hydrogen) atoms. The number of carbonyl (C=O) groups is 2. The molecule has 5 rings (SSSR count). The number of anilines is 1. The molecule has 174 valence electrons. The monoisotopic (exact) mass is 457 g/mol. The molecule has 0 aliphatic carbocycles. The van der Waals surface area contributed by atoms with Crippen LogP contribution in [0.15, 0.2) is 66.7 Å². The maximum Gasteiger partial charge on any atom is 0.263 e. The summed E-state index contributed by atoms with van der Waals surface area (Å²) in [6.07, 6.45) is 1.04. The minimum absolute atomic E-state index is 0.0636. The number of piperazine rings is 1. The molecule has 0 bridgehead atoms. The lowest BCUT2D eigenvalue weighted by atomic mass is 10.1. The third-order valence-corrected chi connectivity index (χ3v) is 6.76. The predicted octanol–water partition coefficient (Wildman–Crippen LogP) is 4.51. The molecule has 0 aromatic heterocycles. The molecule has 5 nitrogen and oxygen atoms in total. The molecule has 0 saturated carbocycles. The van der Waals surface area contributed by atoms with Gasteiger partial charge in [-0.15, -0.1) is 0 Å². The maximum absolute atomic E-state index is 13.6. The summed E-state index contributed by atoms with van der Waals surface area (Å²) >= 11 is 0. The fourth-order valence-corrected chi connectivity index (χ4v) is 4.83. The zero-order chi connectivity index (χ0) is 23.7. The first-order chi connectivity index (χ1) is 16.5. The van der Waals surface area contributed by atoms with Gasteiger partial charge in [0, 0.05) is 32.7 Å². The Bertz CT molecular complexity index is 1220. The van der Waals surface area contributed by atoms with Crippen LogP contribution in [0, 0.1) is 5.82 Å². The quantitative estimate of drug-likeness (QED) is 0.511. The number of nitrogens with zero attached hydrogens (tertiary/aromatic N) is 3. The van der Waals surface area contributed by atoms with E-state index >= 15 is 0 Å². The van der Waals surface area contributed by atoms with Gasteiger partial charge in [-0.3, -0.25) is 19.4 Å². The molecule has 2 aliphatic rings. The van der Waals surface area contributed by atoms with Crippen molar-refractivity contribution in [3.63, 3.8) is 0 Å². The van der Waals surface area contributed by atoms with Crippen LogP contribution < -0.4 is 4.90 Å². The minimum Gasteiger partial charge on any atom is -0.368 e. The largest absolute Gasteiger partial charge is 0.368 e. The highest BCUT2D eigenvalue weighted by atomic mass is 19.1. The molecule has 6 heteroatoms. The van der Waals surface area contributed by atoms with E-state index in [0.29, 0.717) is 16.7 Å². The van der Waals surface area contributed by atoms with Gasteiger partial charge in [0.1, 0.15) is 5.82 Å². The number of aryl methyl sites for hydroxylation is 1. The van der Waals surface area contributed by atoms with Gasteiger partial charge in [0.15, 0.2) is 0 Å². The summed E-state index contributed by atoms with van der Waals surface area (Å²) in [5.41, 5.74) is 4.95. The van der Waals surface area contributed by atoms with Crippen molar-refractivity contribution in [2.45, 2.75) is 26.4 Å². The van der Waals surface area contributed by atoms with Crippen LogP contribution in [0.25, 0.3) is 0 Å². The lowest BCUT2D eigenvalue weighted by molar-refractivity contribution is 0.0642. The summed E-state index contributed by atoms with van der Waals surface area (Å²) in [5.74, 6) is -1.01. The van der Waals surface area contributed by atoms with E-state index in [1.54, 1.807) is 18.2 Å². The molecule has 0 unspecified atom stereocenters. The van der Waals surface area contributed by atoms with Gasteiger partial charge in [0.2, 0.25) is 0 Å². The number of hydrogen-bond acceptors (Lipinski definition) is 4. The van der Waals surface area contributed by atoms with E-state index in [1.807, 2.05) is 12.1 Å². The second kappa shape index (κ2) is 9.39. The number of halogens is 1. The van der Waals surface area contributed by atoms with E-state index in [-0.39, 0.29) is 24.2 Å². The van der Waals surface area contributed by atoms with Gasteiger partial charge >= 0.3 is 0 Å². The molecule has 0 N–H and O–H groups in total. The Morgan fingerprint density at radius 1 is 0.765 bits per heavy atom. The van der Waals surface area contributed by atoms with Gasteiger partial charge in [0.05, 0.1) is 23.4 Å².